The van der Waals surface area contributed by atoms with Gasteiger partial charge in [-0.25, -0.2) is 4.68 Å². The molecular weight excluding hydrogens is 424 g/mol. The van der Waals surface area contributed by atoms with E-state index in [-0.39, 0.29) is 5.91 Å². The molecule has 0 spiro atoms. The number of nitrogens with one attached hydrogen (secondary N) is 2. The standard InChI is InChI=1S/C23H20N6O2S/c1-14-19(22(30)26-16-5-3-11-24-13-16)20(18-6-4-12-32-18)29-23(25-14)27-21(28-29)15-7-9-17(31-2)10-8-15/h3-13,20H,1-2H3,(H,26,30)(H,25,27,28)/t20-/m1/s1. The molecule has 0 fully saturated rings. The lowest BCUT2D eigenvalue weighted by atomic mass is 10.0. The molecule has 1 aromatic carbocycles. The average Bonchev–Trinajstić information content (AvgIpc) is 3.49. The summed E-state index contributed by atoms with van der Waals surface area (Å²) in [4.78, 5) is 23.1. The number of pyridine rings is 1. The number of ether oxygens (including phenoxy) is 1. The highest BCUT2D eigenvalue weighted by atomic mass is 32.1. The summed E-state index contributed by atoms with van der Waals surface area (Å²) in [6.45, 7) is 1.88. The van der Waals surface area contributed by atoms with Crippen LogP contribution in [0.4, 0.5) is 11.6 Å². The molecule has 5 rings (SSSR count). The van der Waals surface area contributed by atoms with Gasteiger partial charge in [0.25, 0.3) is 5.91 Å². The van der Waals surface area contributed by atoms with Gasteiger partial charge >= 0.3 is 0 Å². The van der Waals surface area contributed by atoms with Crippen molar-refractivity contribution < 1.29 is 9.53 Å². The Labute approximate surface area is 188 Å². The van der Waals surface area contributed by atoms with Gasteiger partial charge in [0.05, 0.1) is 24.6 Å². The van der Waals surface area contributed by atoms with Crippen LogP contribution in [0.25, 0.3) is 11.4 Å². The number of fused-ring (bicyclic) bond motifs is 1. The van der Waals surface area contributed by atoms with Gasteiger partial charge in [0.15, 0.2) is 5.82 Å². The van der Waals surface area contributed by atoms with E-state index in [0.717, 1.165) is 21.9 Å². The van der Waals surface area contributed by atoms with E-state index < -0.39 is 6.04 Å². The van der Waals surface area contributed by atoms with Crippen molar-refractivity contribution in [3.8, 4) is 17.1 Å². The van der Waals surface area contributed by atoms with Gasteiger partial charge in [-0.2, -0.15) is 4.98 Å². The highest BCUT2D eigenvalue weighted by Gasteiger charge is 2.35. The third-order valence-electron chi connectivity index (χ3n) is 5.18. The fourth-order valence-corrected chi connectivity index (χ4v) is 4.47. The molecule has 0 aliphatic carbocycles. The highest BCUT2D eigenvalue weighted by Crippen LogP contribution is 2.38. The monoisotopic (exact) mass is 444 g/mol. The molecule has 0 radical (unpaired) electrons. The number of benzene rings is 1. The number of thiophene rings is 1. The Balaban J connectivity index is 1.55. The number of rotatable bonds is 5. The second-order valence-corrected chi connectivity index (χ2v) is 8.19. The topological polar surface area (TPSA) is 94.0 Å². The summed E-state index contributed by atoms with van der Waals surface area (Å²) in [7, 11) is 1.63. The number of carbonyl (C=O) groups is 1. The zero-order chi connectivity index (χ0) is 22.1. The van der Waals surface area contributed by atoms with E-state index in [4.69, 9.17) is 14.8 Å². The molecule has 1 atom stereocenters. The van der Waals surface area contributed by atoms with Crippen LogP contribution in [0.5, 0.6) is 5.75 Å². The Morgan fingerprint density at radius 3 is 2.72 bits per heavy atom. The molecule has 0 unspecified atom stereocenters. The van der Waals surface area contributed by atoms with Gasteiger partial charge in [0.2, 0.25) is 5.95 Å². The summed E-state index contributed by atoms with van der Waals surface area (Å²) in [5, 5.41) is 13.0. The number of anilines is 2. The zero-order valence-corrected chi connectivity index (χ0v) is 18.3. The molecule has 1 aliphatic rings. The van der Waals surface area contributed by atoms with E-state index in [1.165, 1.54) is 0 Å². The lowest BCUT2D eigenvalue weighted by Crippen LogP contribution is -2.31. The number of allylic oxidation sites excluding steroid dienone is 1. The van der Waals surface area contributed by atoms with Crippen molar-refractivity contribution in [3.05, 3.63) is 82.5 Å². The van der Waals surface area contributed by atoms with Crippen LogP contribution in [-0.4, -0.2) is 32.8 Å². The maximum Gasteiger partial charge on any atom is 0.255 e. The minimum absolute atomic E-state index is 0.214. The molecule has 9 heteroatoms. The number of nitrogens with zero attached hydrogens (tertiary/aromatic N) is 4. The average molecular weight is 445 g/mol. The molecule has 1 amide bonds. The first-order valence-corrected chi connectivity index (χ1v) is 10.9. The number of methoxy groups -OCH3 is 1. The summed E-state index contributed by atoms with van der Waals surface area (Å²) in [5.41, 5.74) is 2.80. The van der Waals surface area contributed by atoms with E-state index in [2.05, 4.69) is 15.6 Å². The maximum atomic E-state index is 13.3. The number of aromatic nitrogens is 4. The predicted octanol–water partition coefficient (Wildman–Crippen LogP) is 4.34. The molecule has 0 saturated heterocycles. The molecule has 0 bridgehead atoms. The van der Waals surface area contributed by atoms with E-state index in [0.29, 0.717) is 23.0 Å². The van der Waals surface area contributed by atoms with E-state index in [1.807, 2.05) is 48.7 Å². The molecule has 2 N–H and O–H groups in total. The second kappa shape index (κ2) is 8.27. The van der Waals surface area contributed by atoms with Gasteiger partial charge in [0, 0.05) is 22.3 Å². The summed E-state index contributed by atoms with van der Waals surface area (Å²) in [6.07, 6.45) is 3.28. The van der Waals surface area contributed by atoms with E-state index in [1.54, 1.807) is 47.7 Å². The van der Waals surface area contributed by atoms with Crippen molar-refractivity contribution in [2.24, 2.45) is 0 Å². The molecule has 4 aromatic rings. The zero-order valence-electron chi connectivity index (χ0n) is 17.4. The van der Waals surface area contributed by atoms with Crippen LogP contribution in [0, 0.1) is 0 Å². The van der Waals surface area contributed by atoms with Crippen LogP contribution in [0.1, 0.15) is 17.8 Å². The van der Waals surface area contributed by atoms with Crippen molar-refractivity contribution in [2.75, 3.05) is 17.7 Å². The van der Waals surface area contributed by atoms with Crippen molar-refractivity contribution in [3.63, 3.8) is 0 Å². The van der Waals surface area contributed by atoms with Gasteiger partial charge in [-0.05, 0) is 54.8 Å². The number of amides is 1. The quantitative estimate of drug-likeness (QED) is 0.476. The normalized spacial score (nSPS) is 15.1. The van der Waals surface area contributed by atoms with Crippen LogP contribution in [0.2, 0.25) is 0 Å². The van der Waals surface area contributed by atoms with E-state index >= 15 is 0 Å². The highest BCUT2D eigenvalue weighted by molar-refractivity contribution is 7.10. The minimum Gasteiger partial charge on any atom is -0.497 e. The summed E-state index contributed by atoms with van der Waals surface area (Å²) >= 11 is 1.57. The third kappa shape index (κ3) is 3.63. The Morgan fingerprint density at radius 2 is 2.03 bits per heavy atom. The third-order valence-corrected chi connectivity index (χ3v) is 6.10. The fraction of sp³-hybridized carbons (Fsp3) is 0.130. The lowest BCUT2D eigenvalue weighted by molar-refractivity contribution is -0.113. The second-order valence-electron chi connectivity index (χ2n) is 7.21. The Bertz CT molecular complexity index is 1280. The molecule has 160 valence electrons. The van der Waals surface area contributed by atoms with Gasteiger partial charge in [-0.1, -0.05) is 6.07 Å². The SMILES string of the molecule is COc1ccc(-c2nc3n(n2)[C@H](c2cccs2)C(C(=O)Nc2cccnc2)=C(C)N3)cc1. The fourth-order valence-electron chi connectivity index (χ4n) is 3.65. The van der Waals surface area contributed by atoms with Crippen LogP contribution >= 0.6 is 11.3 Å². The summed E-state index contributed by atoms with van der Waals surface area (Å²) < 4.78 is 7.02. The van der Waals surface area contributed by atoms with Gasteiger partial charge < -0.3 is 15.4 Å². The first-order chi connectivity index (χ1) is 15.6. The molecule has 0 saturated carbocycles. The smallest absolute Gasteiger partial charge is 0.255 e. The molecule has 3 aromatic heterocycles. The Kier molecular flexibility index (Phi) is 5.16. The first kappa shape index (κ1) is 20.0. The van der Waals surface area contributed by atoms with Gasteiger partial charge in [-0.3, -0.25) is 9.78 Å². The van der Waals surface area contributed by atoms with Crippen LogP contribution in [-0.2, 0) is 4.79 Å². The minimum atomic E-state index is -0.401. The van der Waals surface area contributed by atoms with Crippen LogP contribution < -0.4 is 15.4 Å². The molecule has 1 aliphatic heterocycles. The van der Waals surface area contributed by atoms with Gasteiger partial charge in [0.1, 0.15) is 11.8 Å². The largest absolute Gasteiger partial charge is 0.497 e. The van der Waals surface area contributed by atoms with Crippen LogP contribution in [0.15, 0.2) is 77.6 Å². The molecular formula is C23H20N6O2S. The Hall–Kier alpha value is -3.98. The number of carbonyl (C=O) groups excluding carboxylic acids is 1. The lowest BCUT2D eigenvalue weighted by Gasteiger charge is -2.27. The van der Waals surface area contributed by atoms with Crippen molar-refractivity contribution in [2.45, 2.75) is 13.0 Å². The number of hydrogen-bond donors (Lipinski definition) is 2. The summed E-state index contributed by atoms with van der Waals surface area (Å²) in [6, 6.07) is 14.7. The first-order valence-electron chi connectivity index (χ1n) is 9.97. The van der Waals surface area contributed by atoms with Crippen LogP contribution in [0.3, 0.4) is 0 Å². The van der Waals surface area contributed by atoms with Crippen molar-refractivity contribution >= 4 is 28.9 Å². The molecule has 8 nitrogen and oxygen atoms in total. The van der Waals surface area contributed by atoms with Crippen molar-refractivity contribution in [1.29, 1.82) is 0 Å². The Morgan fingerprint density at radius 1 is 1.19 bits per heavy atom. The van der Waals surface area contributed by atoms with Crippen molar-refractivity contribution in [1.82, 2.24) is 19.7 Å². The molecule has 32 heavy (non-hydrogen) atoms. The summed E-state index contributed by atoms with van der Waals surface area (Å²) in [5.74, 6) is 1.70. The molecule has 4 heterocycles. The maximum absolute atomic E-state index is 13.3. The van der Waals surface area contributed by atoms with Gasteiger partial charge in [-0.15, -0.1) is 16.4 Å². The number of hydrogen-bond acceptors (Lipinski definition) is 7. The predicted molar refractivity (Wildman–Crippen MR) is 124 cm³/mol. The van der Waals surface area contributed by atoms with E-state index in [9.17, 15) is 4.79 Å².